The van der Waals surface area contributed by atoms with Gasteiger partial charge in [0.2, 0.25) is 16.9 Å². The molecule has 9 heteroatoms. The first-order valence-electron chi connectivity index (χ1n) is 8.22. The summed E-state index contributed by atoms with van der Waals surface area (Å²) in [7, 11) is 0. The summed E-state index contributed by atoms with van der Waals surface area (Å²) in [5.41, 5.74) is 1.85. The molecule has 2 aromatic rings. The van der Waals surface area contributed by atoms with E-state index in [-0.39, 0.29) is 23.1 Å². The minimum Gasteiger partial charge on any atom is -0.324 e. The molecule has 1 unspecified atom stereocenters. The van der Waals surface area contributed by atoms with E-state index in [4.69, 9.17) is 0 Å². The molecule has 1 saturated carbocycles. The van der Waals surface area contributed by atoms with E-state index in [1.54, 1.807) is 11.8 Å². The fraction of sp³-hybridized carbons (Fsp3) is 0.412. The quantitative estimate of drug-likeness (QED) is 0.521. The lowest BCUT2D eigenvalue weighted by molar-refractivity contribution is -0.117. The first-order valence-corrected chi connectivity index (χ1v) is 10.7. The molecule has 1 aliphatic rings. The largest absolute Gasteiger partial charge is 0.324 e. The summed E-state index contributed by atoms with van der Waals surface area (Å²) in [6.45, 7) is 5.36. The van der Waals surface area contributed by atoms with Crippen molar-refractivity contribution in [2.75, 3.05) is 10.2 Å². The van der Waals surface area contributed by atoms with Crippen molar-refractivity contribution in [3.8, 4) is 0 Å². The van der Waals surface area contributed by atoms with Crippen LogP contribution in [0.15, 0.2) is 27.0 Å². The standard InChI is InChI=1S/C17H19BrN4O2S2/c1-9-4-7-14(13(18)8-9)19-15(24)10(2)25-17-21-20-16(26-17)22(11(3)23)12-5-6-12/h4,7-8,10,12H,5-6H2,1-3H3,(H,19,24). The van der Waals surface area contributed by atoms with Crippen LogP contribution in [0.5, 0.6) is 0 Å². The van der Waals surface area contributed by atoms with Crippen LogP contribution in [0.1, 0.15) is 32.3 Å². The van der Waals surface area contributed by atoms with Gasteiger partial charge in [0, 0.05) is 17.4 Å². The van der Waals surface area contributed by atoms with Gasteiger partial charge in [-0.2, -0.15) is 0 Å². The molecule has 1 heterocycles. The molecule has 1 N–H and O–H groups in total. The van der Waals surface area contributed by atoms with Gasteiger partial charge in [-0.05, 0) is 60.3 Å². The van der Waals surface area contributed by atoms with Gasteiger partial charge < -0.3 is 5.32 Å². The number of hydrogen-bond donors (Lipinski definition) is 1. The SMILES string of the molecule is CC(=O)N(c1nnc(SC(C)C(=O)Nc2ccc(C)cc2Br)s1)C1CC1. The van der Waals surface area contributed by atoms with Crippen molar-refractivity contribution in [2.24, 2.45) is 0 Å². The van der Waals surface area contributed by atoms with Crippen LogP contribution in [-0.4, -0.2) is 33.3 Å². The van der Waals surface area contributed by atoms with Crippen molar-refractivity contribution in [3.05, 3.63) is 28.2 Å². The highest BCUT2D eigenvalue weighted by atomic mass is 79.9. The number of nitrogens with one attached hydrogen (secondary N) is 1. The Bertz CT molecular complexity index is 838. The van der Waals surface area contributed by atoms with Crippen molar-refractivity contribution in [3.63, 3.8) is 0 Å². The predicted octanol–water partition coefficient (Wildman–Crippen LogP) is 4.24. The molecule has 6 nitrogen and oxygen atoms in total. The lowest BCUT2D eigenvalue weighted by Crippen LogP contribution is -2.30. The van der Waals surface area contributed by atoms with Gasteiger partial charge in [0.05, 0.1) is 10.9 Å². The van der Waals surface area contributed by atoms with E-state index in [1.165, 1.54) is 23.1 Å². The third-order valence-corrected chi connectivity index (χ3v) is 6.65. The van der Waals surface area contributed by atoms with Crippen molar-refractivity contribution in [1.82, 2.24) is 10.2 Å². The van der Waals surface area contributed by atoms with Crippen LogP contribution in [-0.2, 0) is 9.59 Å². The number of aryl methyl sites for hydroxylation is 1. The molecular weight excluding hydrogens is 436 g/mol. The fourth-order valence-electron chi connectivity index (χ4n) is 2.39. The summed E-state index contributed by atoms with van der Waals surface area (Å²) in [6, 6.07) is 6.03. The number of carbonyl (C=O) groups is 2. The summed E-state index contributed by atoms with van der Waals surface area (Å²) >= 11 is 6.16. The van der Waals surface area contributed by atoms with Gasteiger partial charge in [0.15, 0.2) is 4.34 Å². The van der Waals surface area contributed by atoms with Crippen LogP contribution in [0.2, 0.25) is 0 Å². The highest BCUT2D eigenvalue weighted by Crippen LogP contribution is 2.37. The zero-order valence-electron chi connectivity index (χ0n) is 14.7. The van der Waals surface area contributed by atoms with Gasteiger partial charge in [-0.15, -0.1) is 10.2 Å². The van der Waals surface area contributed by atoms with E-state index in [0.717, 1.165) is 28.6 Å². The van der Waals surface area contributed by atoms with Gasteiger partial charge in [-0.3, -0.25) is 14.5 Å². The number of anilines is 2. The molecule has 1 aromatic carbocycles. The molecule has 0 saturated heterocycles. The Morgan fingerprint density at radius 1 is 1.38 bits per heavy atom. The zero-order valence-corrected chi connectivity index (χ0v) is 17.9. The number of nitrogens with zero attached hydrogens (tertiary/aromatic N) is 3. The van der Waals surface area contributed by atoms with E-state index in [2.05, 4.69) is 31.4 Å². The average Bonchev–Trinajstić information content (AvgIpc) is 3.29. The number of carbonyl (C=O) groups excluding carboxylic acids is 2. The lowest BCUT2D eigenvalue weighted by Gasteiger charge is -2.15. The second kappa shape index (κ2) is 8.06. The topological polar surface area (TPSA) is 75.2 Å². The minimum atomic E-state index is -0.337. The fourth-order valence-corrected chi connectivity index (χ4v) is 5.08. The van der Waals surface area contributed by atoms with Crippen LogP contribution in [0.3, 0.4) is 0 Å². The van der Waals surface area contributed by atoms with Crippen LogP contribution in [0.4, 0.5) is 10.8 Å². The number of halogens is 1. The van der Waals surface area contributed by atoms with Crippen molar-refractivity contribution in [1.29, 1.82) is 0 Å². The third kappa shape index (κ3) is 4.63. The number of amides is 2. The normalized spacial score (nSPS) is 14.8. The van der Waals surface area contributed by atoms with Crippen molar-refractivity contribution >= 4 is 61.7 Å². The second-order valence-electron chi connectivity index (χ2n) is 6.20. The molecular formula is C17H19BrN4O2S2. The Hall–Kier alpha value is -1.45. The lowest BCUT2D eigenvalue weighted by atomic mass is 10.2. The number of thioether (sulfide) groups is 1. The Balaban J connectivity index is 1.63. The zero-order chi connectivity index (χ0) is 18.8. The summed E-state index contributed by atoms with van der Waals surface area (Å²) in [6.07, 6.45) is 2.01. The number of benzene rings is 1. The Labute approximate surface area is 168 Å². The molecule has 0 radical (unpaired) electrons. The molecule has 1 aliphatic carbocycles. The Morgan fingerprint density at radius 2 is 2.12 bits per heavy atom. The number of aromatic nitrogens is 2. The van der Waals surface area contributed by atoms with Crippen LogP contribution in [0.25, 0.3) is 0 Å². The van der Waals surface area contributed by atoms with Gasteiger partial charge in [0.1, 0.15) is 0 Å². The maximum absolute atomic E-state index is 12.5. The average molecular weight is 455 g/mol. The molecule has 0 bridgehead atoms. The summed E-state index contributed by atoms with van der Waals surface area (Å²) in [4.78, 5) is 26.0. The van der Waals surface area contributed by atoms with Crippen LogP contribution < -0.4 is 10.2 Å². The first kappa shape index (κ1) is 19.3. The second-order valence-corrected chi connectivity index (χ2v) is 9.60. The van der Waals surface area contributed by atoms with E-state index < -0.39 is 0 Å². The molecule has 26 heavy (non-hydrogen) atoms. The van der Waals surface area contributed by atoms with Crippen molar-refractivity contribution in [2.45, 2.75) is 49.2 Å². The van der Waals surface area contributed by atoms with E-state index in [1.807, 2.05) is 32.0 Å². The Morgan fingerprint density at radius 3 is 2.73 bits per heavy atom. The van der Waals surface area contributed by atoms with E-state index in [0.29, 0.717) is 9.47 Å². The maximum atomic E-state index is 12.5. The number of rotatable bonds is 6. The smallest absolute Gasteiger partial charge is 0.237 e. The van der Waals surface area contributed by atoms with E-state index >= 15 is 0 Å². The van der Waals surface area contributed by atoms with Gasteiger partial charge in [-0.1, -0.05) is 29.2 Å². The number of hydrogen-bond acceptors (Lipinski definition) is 6. The molecule has 3 rings (SSSR count). The highest BCUT2D eigenvalue weighted by molar-refractivity contribution is 9.10. The molecule has 0 aliphatic heterocycles. The Kier molecular flexibility index (Phi) is 5.99. The van der Waals surface area contributed by atoms with Gasteiger partial charge in [0.25, 0.3) is 0 Å². The van der Waals surface area contributed by atoms with Gasteiger partial charge >= 0.3 is 0 Å². The van der Waals surface area contributed by atoms with Gasteiger partial charge in [-0.25, -0.2) is 0 Å². The first-order chi connectivity index (χ1) is 12.3. The van der Waals surface area contributed by atoms with Crippen molar-refractivity contribution < 1.29 is 9.59 Å². The highest BCUT2D eigenvalue weighted by Gasteiger charge is 2.34. The minimum absolute atomic E-state index is 0.0183. The molecule has 2 amide bonds. The van der Waals surface area contributed by atoms with Crippen LogP contribution >= 0.6 is 39.0 Å². The monoisotopic (exact) mass is 454 g/mol. The molecule has 1 aromatic heterocycles. The van der Waals surface area contributed by atoms with Crippen LogP contribution in [0, 0.1) is 6.92 Å². The summed E-state index contributed by atoms with van der Waals surface area (Å²) in [5.74, 6) is -0.128. The molecule has 1 fully saturated rings. The molecule has 138 valence electrons. The van der Waals surface area contributed by atoms with E-state index in [9.17, 15) is 9.59 Å². The maximum Gasteiger partial charge on any atom is 0.237 e. The molecule has 0 spiro atoms. The third-order valence-electron chi connectivity index (χ3n) is 3.88. The molecule has 1 atom stereocenters. The summed E-state index contributed by atoms with van der Waals surface area (Å²) < 4.78 is 1.53. The summed E-state index contributed by atoms with van der Waals surface area (Å²) in [5, 5.41) is 11.5. The predicted molar refractivity (Wildman–Crippen MR) is 109 cm³/mol.